The molecule has 2 unspecified atom stereocenters. The third kappa shape index (κ3) is 2.22. The van der Waals surface area contributed by atoms with Crippen LogP contribution in [-0.2, 0) is 4.74 Å². The normalized spacial score (nSPS) is 33.5. The fourth-order valence-corrected chi connectivity index (χ4v) is 2.41. The average molecular weight is 185 g/mol. The van der Waals surface area contributed by atoms with Gasteiger partial charge in [-0.15, -0.1) is 0 Å². The number of aliphatic hydroxyl groups is 1. The third-order valence-corrected chi connectivity index (χ3v) is 3.22. The highest BCUT2D eigenvalue weighted by Crippen LogP contribution is 2.29. The molecule has 2 fully saturated rings. The average Bonchev–Trinajstić information content (AvgIpc) is 2.71. The molecule has 1 aliphatic carbocycles. The summed E-state index contributed by atoms with van der Waals surface area (Å²) in [4.78, 5) is 0. The van der Waals surface area contributed by atoms with Gasteiger partial charge in [0.05, 0.1) is 18.8 Å². The van der Waals surface area contributed by atoms with Crippen molar-refractivity contribution in [2.24, 2.45) is 5.92 Å². The summed E-state index contributed by atoms with van der Waals surface area (Å²) in [6.07, 6.45) is 4.72. The molecule has 0 aromatic rings. The summed E-state index contributed by atoms with van der Waals surface area (Å²) in [6.45, 7) is 2.49. The quantitative estimate of drug-likeness (QED) is 0.659. The zero-order valence-electron chi connectivity index (χ0n) is 8.04. The number of aliphatic hydroxyl groups excluding tert-OH is 1. The number of hydrogen-bond donors (Lipinski definition) is 2. The van der Waals surface area contributed by atoms with Gasteiger partial charge in [0.15, 0.2) is 0 Å². The molecular formula is C10H19NO2. The molecule has 3 heteroatoms. The summed E-state index contributed by atoms with van der Waals surface area (Å²) < 4.78 is 5.54. The second-order valence-corrected chi connectivity index (χ2v) is 4.15. The maximum atomic E-state index is 10.0. The molecule has 0 aromatic carbocycles. The van der Waals surface area contributed by atoms with Crippen LogP contribution in [0.3, 0.4) is 0 Å². The molecule has 2 aliphatic rings. The van der Waals surface area contributed by atoms with Gasteiger partial charge in [-0.3, -0.25) is 0 Å². The van der Waals surface area contributed by atoms with Crippen LogP contribution in [0.2, 0.25) is 0 Å². The predicted octanol–water partition coefficient (Wildman–Crippen LogP) is 0.526. The van der Waals surface area contributed by atoms with Crippen LogP contribution in [0.5, 0.6) is 0 Å². The van der Waals surface area contributed by atoms with E-state index in [0.29, 0.717) is 5.92 Å². The smallest absolute Gasteiger partial charge is 0.0961 e. The fourth-order valence-electron chi connectivity index (χ4n) is 2.41. The van der Waals surface area contributed by atoms with E-state index in [4.69, 9.17) is 4.74 Å². The minimum Gasteiger partial charge on any atom is -0.390 e. The Labute approximate surface area is 79.5 Å². The molecule has 1 saturated carbocycles. The van der Waals surface area contributed by atoms with Crippen molar-refractivity contribution < 1.29 is 9.84 Å². The molecule has 0 bridgehead atoms. The fraction of sp³-hybridized carbons (Fsp3) is 1.00. The van der Waals surface area contributed by atoms with E-state index in [2.05, 4.69) is 5.32 Å². The monoisotopic (exact) mass is 185 g/mol. The van der Waals surface area contributed by atoms with Crippen molar-refractivity contribution >= 4 is 0 Å². The molecule has 2 rings (SSSR count). The van der Waals surface area contributed by atoms with Crippen molar-refractivity contribution in [3.8, 4) is 0 Å². The zero-order valence-corrected chi connectivity index (χ0v) is 8.04. The summed E-state index contributed by atoms with van der Waals surface area (Å²) >= 11 is 0. The van der Waals surface area contributed by atoms with E-state index in [9.17, 15) is 5.11 Å². The first-order valence-electron chi connectivity index (χ1n) is 5.38. The molecule has 3 nitrogen and oxygen atoms in total. The van der Waals surface area contributed by atoms with Crippen LogP contribution in [0, 0.1) is 5.92 Å². The van der Waals surface area contributed by atoms with Crippen LogP contribution in [0.15, 0.2) is 0 Å². The SMILES string of the molecule is OC(C1CCCC1)C1CNCCO1. The van der Waals surface area contributed by atoms with E-state index >= 15 is 0 Å². The lowest BCUT2D eigenvalue weighted by molar-refractivity contribution is -0.0733. The lowest BCUT2D eigenvalue weighted by atomic mass is 9.96. The third-order valence-electron chi connectivity index (χ3n) is 3.22. The molecule has 76 valence electrons. The van der Waals surface area contributed by atoms with Gasteiger partial charge < -0.3 is 15.2 Å². The van der Waals surface area contributed by atoms with Gasteiger partial charge in [0.25, 0.3) is 0 Å². The highest BCUT2D eigenvalue weighted by Gasteiger charge is 2.31. The minimum absolute atomic E-state index is 0.0387. The summed E-state index contributed by atoms with van der Waals surface area (Å²) in [7, 11) is 0. The van der Waals surface area contributed by atoms with Crippen LogP contribution in [0.25, 0.3) is 0 Å². The number of nitrogens with one attached hydrogen (secondary N) is 1. The highest BCUT2D eigenvalue weighted by molar-refractivity contribution is 4.83. The Kier molecular flexibility index (Phi) is 3.19. The van der Waals surface area contributed by atoms with Crippen molar-refractivity contribution in [1.29, 1.82) is 0 Å². The summed E-state index contributed by atoms with van der Waals surface area (Å²) in [5.74, 6) is 0.491. The standard InChI is InChI=1S/C10H19NO2/c12-10(8-3-1-2-4-8)9-7-11-5-6-13-9/h8-12H,1-7H2. The van der Waals surface area contributed by atoms with Crippen molar-refractivity contribution in [3.63, 3.8) is 0 Å². The minimum atomic E-state index is -0.240. The van der Waals surface area contributed by atoms with E-state index in [0.717, 1.165) is 19.7 Å². The van der Waals surface area contributed by atoms with Crippen molar-refractivity contribution in [2.75, 3.05) is 19.7 Å². The van der Waals surface area contributed by atoms with E-state index in [1.807, 2.05) is 0 Å². The van der Waals surface area contributed by atoms with Gasteiger partial charge >= 0.3 is 0 Å². The molecule has 0 amide bonds. The second-order valence-electron chi connectivity index (χ2n) is 4.15. The van der Waals surface area contributed by atoms with E-state index < -0.39 is 0 Å². The number of hydrogen-bond acceptors (Lipinski definition) is 3. The lowest BCUT2D eigenvalue weighted by Crippen LogP contribution is -2.47. The largest absolute Gasteiger partial charge is 0.390 e. The van der Waals surface area contributed by atoms with E-state index in [-0.39, 0.29) is 12.2 Å². The topological polar surface area (TPSA) is 41.5 Å². The van der Waals surface area contributed by atoms with Crippen molar-refractivity contribution in [1.82, 2.24) is 5.32 Å². The molecular weight excluding hydrogens is 166 g/mol. The van der Waals surface area contributed by atoms with Crippen LogP contribution < -0.4 is 5.32 Å². The molecule has 1 saturated heterocycles. The van der Waals surface area contributed by atoms with Crippen molar-refractivity contribution in [2.45, 2.75) is 37.9 Å². The van der Waals surface area contributed by atoms with Gasteiger partial charge in [0.1, 0.15) is 0 Å². The van der Waals surface area contributed by atoms with Crippen molar-refractivity contribution in [3.05, 3.63) is 0 Å². The first kappa shape index (κ1) is 9.44. The highest BCUT2D eigenvalue weighted by atomic mass is 16.5. The second kappa shape index (κ2) is 4.40. The number of ether oxygens (including phenoxy) is 1. The Hall–Kier alpha value is -0.120. The van der Waals surface area contributed by atoms with E-state index in [1.165, 1.54) is 25.7 Å². The van der Waals surface area contributed by atoms with Gasteiger partial charge in [-0.05, 0) is 18.8 Å². The van der Waals surface area contributed by atoms with Crippen LogP contribution >= 0.6 is 0 Å². The molecule has 1 heterocycles. The number of morpholine rings is 1. The summed E-state index contributed by atoms with van der Waals surface area (Å²) in [5, 5.41) is 13.3. The van der Waals surface area contributed by atoms with Gasteiger partial charge in [-0.1, -0.05) is 12.8 Å². The van der Waals surface area contributed by atoms with Gasteiger partial charge in [-0.25, -0.2) is 0 Å². The summed E-state index contributed by atoms with van der Waals surface area (Å²) in [5.41, 5.74) is 0. The first-order chi connectivity index (χ1) is 6.38. The first-order valence-corrected chi connectivity index (χ1v) is 5.38. The maximum Gasteiger partial charge on any atom is 0.0961 e. The predicted molar refractivity (Wildman–Crippen MR) is 50.6 cm³/mol. The summed E-state index contributed by atoms with van der Waals surface area (Å²) in [6, 6.07) is 0. The Morgan fingerprint density at radius 3 is 2.69 bits per heavy atom. The van der Waals surface area contributed by atoms with E-state index in [1.54, 1.807) is 0 Å². The lowest BCUT2D eigenvalue weighted by Gasteiger charge is -2.30. The molecule has 13 heavy (non-hydrogen) atoms. The zero-order chi connectivity index (χ0) is 9.10. The maximum absolute atomic E-state index is 10.0. The van der Waals surface area contributed by atoms with Crippen LogP contribution in [0.1, 0.15) is 25.7 Å². The van der Waals surface area contributed by atoms with Gasteiger partial charge in [-0.2, -0.15) is 0 Å². The molecule has 0 radical (unpaired) electrons. The Bertz CT molecular complexity index is 151. The van der Waals surface area contributed by atoms with Crippen LogP contribution in [-0.4, -0.2) is 37.0 Å². The Balaban J connectivity index is 1.83. The molecule has 1 aliphatic heterocycles. The molecule has 0 aromatic heterocycles. The number of rotatable bonds is 2. The molecule has 2 N–H and O–H groups in total. The van der Waals surface area contributed by atoms with Gasteiger partial charge in [0, 0.05) is 13.1 Å². The van der Waals surface area contributed by atoms with Crippen LogP contribution in [0.4, 0.5) is 0 Å². The van der Waals surface area contributed by atoms with Gasteiger partial charge in [0.2, 0.25) is 0 Å². The Morgan fingerprint density at radius 2 is 2.08 bits per heavy atom. The molecule has 2 atom stereocenters. The molecule has 0 spiro atoms. The Morgan fingerprint density at radius 1 is 1.31 bits per heavy atom.